The maximum absolute atomic E-state index is 13.2. The van der Waals surface area contributed by atoms with Crippen LogP contribution in [0.1, 0.15) is 0 Å². The van der Waals surface area contributed by atoms with Gasteiger partial charge in [0.15, 0.2) is 23.6 Å². The standard InChI is InChI=1S/C18H15FN4O4/c1-26-13-8-7-12(9-14(13)27-2)23-16-15(20-21-23)17(24)22(18(16)25)11-5-3-10(19)4-6-11/h3-9,15-16H,1-2H3/t15-,16-/m0/s1. The second-order valence-corrected chi connectivity index (χ2v) is 5.97. The number of imide groups is 1. The fraction of sp³-hybridized carbons (Fsp3) is 0.222. The van der Waals surface area contributed by atoms with Crippen LogP contribution in [-0.2, 0) is 9.59 Å². The Morgan fingerprint density at radius 1 is 0.926 bits per heavy atom. The van der Waals surface area contributed by atoms with E-state index in [4.69, 9.17) is 9.47 Å². The molecule has 27 heavy (non-hydrogen) atoms. The molecule has 2 aliphatic rings. The predicted octanol–water partition coefficient (Wildman–Crippen LogP) is 2.34. The van der Waals surface area contributed by atoms with Gasteiger partial charge in [0.25, 0.3) is 11.8 Å². The lowest BCUT2D eigenvalue weighted by Crippen LogP contribution is -2.39. The number of carbonyl (C=O) groups excluding carboxylic acids is 2. The average molecular weight is 370 g/mol. The molecule has 2 aromatic rings. The molecule has 2 amide bonds. The van der Waals surface area contributed by atoms with E-state index in [-0.39, 0.29) is 0 Å². The van der Waals surface area contributed by atoms with Crippen molar-refractivity contribution < 1.29 is 23.5 Å². The number of hydrogen-bond acceptors (Lipinski definition) is 7. The van der Waals surface area contributed by atoms with Crippen LogP contribution in [0.25, 0.3) is 0 Å². The van der Waals surface area contributed by atoms with Crippen LogP contribution in [0.3, 0.4) is 0 Å². The van der Waals surface area contributed by atoms with Gasteiger partial charge >= 0.3 is 0 Å². The van der Waals surface area contributed by atoms with Crippen molar-refractivity contribution in [3.05, 3.63) is 48.3 Å². The summed E-state index contributed by atoms with van der Waals surface area (Å²) in [6.45, 7) is 0. The third-order valence-corrected chi connectivity index (χ3v) is 4.50. The molecule has 1 saturated heterocycles. The minimum Gasteiger partial charge on any atom is -0.493 e. The quantitative estimate of drug-likeness (QED) is 0.772. The fourth-order valence-electron chi connectivity index (χ4n) is 3.19. The highest BCUT2D eigenvalue weighted by Gasteiger charge is 2.55. The molecule has 0 radical (unpaired) electrons. The Hall–Kier alpha value is -3.49. The van der Waals surface area contributed by atoms with Crippen LogP contribution in [0.15, 0.2) is 52.8 Å². The molecule has 8 nitrogen and oxygen atoms in total. The zero-order valence-corrected chi connectivity index (χ0v) is 14.5. The number of halogens is 1. The van der Waals surface area contributed by atoms with Crippen molar-refractivity contribution in [1.29, 1.82) is 0 Å². The molecule has 2 heterocycles. The molecule has 0 unspecified atom stereocenters. The average Bonchev–Trinajstić information content (AvgIpc) is 3.23. The van der Waals surface area contributed by atoms with E-state index in [0.717, 1.165) is 4.90 Å². The van der Waals surface area contributed by atoms with Gasteiger partial charge in [-0.05, 0) is 36.4 Å². The fourth-order valence-corrected chi connectivity index (χ4v) is 3.19. The Bertz CT molecular complexity index is 947. The number of hydrogen-bond donors (Lipinski definition) is 0. The van der Waals surface area contributed by atoms with Crippen LogP contribution in [0.4, 0.5) is 15.8 Å². The van der Waals surface area contributed by atoms with Crippen LogP contribution in [0, 0.1) is 5.82 Å². The molecule has 0 saturated carbocycles. The monoisotopic (exact) mass is 370 g/mol. The first-order chi connectivity index (χ1) is 13.0. The maximum atomic E-state index is 13.2. The topological polar surface area (TPSA) is 83.8 Å². The number of benzene rings is 2. The summed E-state index contributed by atoms with van der Waals surface area (Å²) in [4.78, 5) is 26.6. The molecule has 4 rings (SSSR count). The molecule has 9 heteroatoms. The van der Waals surface area contributed by atoms with E-state index in [9.17, 15) is 14.0 Å². The molecule has 0 spiro atoms. The summed E-state index contributed by atoms with van der Waals surface area (Å²) in [6.07, 6.45) is 0. The lowest BCUT2D eigenvalue weighted by Gasteiger charge is -2.21. The van der Waals surface area contributed by atoms with Gasteiger partial charge < -0.3 is 9.47 Å². The number of nitrogens with zero attached hydrogens (tertiary/aromatic N) is 4. The Morgan fingerprint density at radius 3 is 2.26 bits per heavy atom. The zero-order chi connectivity index (χ0) is 19.1. The van der Waals surface area contributed by atoms with E-state index >= 15 is 0 Å². The predicted molar refractivity (Wildman–Crippen MR) is 93.4 cm³/mol. The summed E-state index contributed by atoms with van der Waals surface area (Å²) >= 11 is 0. The first-order valence-corrected chi connectivity index (χ1v) is 8.10. The number of amides is 2. The number of ether oxygens (including phenoxy) is 2. The largest absolute Gasteiger partial charge is 0.493 e. The summed E-state index contributed by atoms with van der Waals surface area (Å²) < 4.78 is 23.6. The van der Waals surface area contributed by atoms with Gasteiger partial charge in [0.05, 0.1) is 25.6 Å². The molecule has 1 fully saturated rings. The highest BCUT2D eigenvalue weighted by atomic mass is 19.1. The SMILES string of the molecule is COc1ccc(N2N=N[C@@H]3C(=O)N(c4ccc(F)cc4)C(=O)[C@H]32)cc1OC. The second-order valence-electron chi connectivity index (χ2n) is 5.97. The number of fused-ring (bicyclic) bond motifs is 1. The molecule has 2 aliphatic heterocycles. The van der Waals surface area contributed by atoms with Crippen LogP contribution < -0.4 is 19.4 Å². The Kier molecular flexibility index (Phi) is 3.98. The summed E-state index contributed by atoms with van der Waals surface area (Å²) in [5.74, 6) is -0.444. The van der Waals surface area contributed by atoms with E-state index in [0.29, 0.717) is 22.9 Å². The molecule has 0 bridgehead atoms. The summed E-state index contributed by atoms with van der Waals surface area (Å²) in [5.41, 5.74) is 0.828. The Morgan fingerprint density at radius 2 is 1.59 bits per heavy atom. The second kappa shape index (κ2) is 6.35. The summed E-state index contributed by atoms with van der Waals surface area (Å²) in [6, 6.07) is 8.32. The van der Waals surface area contributed by atoms with E-state index in [1.54, 1.807) is 18.2 Å². The lowest BCUT2D eigenvalue weighted by molar-refractivity contribution is -0.121. The van der Waals surface area contributed by atoms with Gasteiger partial charge in [0.1, 0.15) is 5.82 Å². The number of methoxy groups -OCH3 is 2. The molecule has 138 valence electrons. The van der Waals surface area contributed by atoms with Gasteiger partial charge in [0.2, 0.25) is 0 Å². The van der Waals surface area contributed by atoms with Gasteiger partial charge in [-0.3, -0.25) is 9.59 Å². The molecule has 0 N–H and O–H groups in total. The van der Waals surface area contributed by atoms with Crippen LogP contribution >= 0.6 is 0 Å². The lowest BCUT2D eigenvalue weighted by atomic mass is 10.1. The number of rotatable bonds is 4. The first kappa shape index (κ1) is 17.0. The van der Waals surface area contributed by atoms with Crippen molar-refractivity contribution in [2.75, 3.05) is 24.1 Å². The molecule has 2 aromatic carbocycles. The van der Waals surface area contributed by atoms with Gasteiger partial charge in [-0.25, -0.2) is 14.3 Å². The van der Waals surface area contributed by atoms with Gasteiger partial charge in [0, 0.05) is 6.07 Å². The van der Waals surface area contributed by atoms with E-state index < -0.39 is 29.7 Å². The van der Waals surface area contributed by atoms with Crippen LogP contribution in [-0.4, -0.2) is 38.1 Å². The number of anilines is 2. The summed E-state index contributed by atoms with van der Waals surface area (Å²) in [7, 11) is 3.01. The van der Waals surface area contributed by atoms with Crippen molar-refractivity contribution in [2.45, 2.75) is 12.1 Å². The third-order valence-electron chi connectivity index (χ3n) is 4.50. The normalized spacial score (nSPS) is 21.0. The van der Waals surface area contributed by atoms with Crippen LogP contribution in [0.2, 0.25) is 0 Å². The van der Waals surface area contributed by atoms with Gasteiger partial charge in [-0.2, -0.15) is 5.11 Å². The van der Waals surface area contributed by atoms with Crippen LogP contribution in [0.5, 0.6) is 11.5 Å². The van der Waals surface area contributed by atoms with E-state index in [1.807, 2.05) is 0 Å². The highest BCUT2D eigenvalue weighted by Crippen LogP contribution is 2.38. The first-order valence-electron chi connectivity index (χ1n) is 8.10. The minimum absolute atomic E-state index is 0.295. The molecule has 0 aromatic heterocycles. The van der Waals surface area contributed by atoms with E-state index in [2.05, 4.69) is 10.3 Å². The number of carbonyl (C=O) groups is 2. The molecule has 0 aliphatic carbocycles. The Balaban J connectivity index is 1.68. The molecular formula is C18H15FN4O4. The van der Waals surface area contributed by atoms with Gasteiger partial charge in [-0.15, -0.1) is 0 Å². The maximum Gasteiger partial charge on any atom is 0.263 e. The minimum atomic E-state index is -0.948. The van der Waals surface area contributed by atoms with Crippen molar-refractivity contribution in [3.8, 4) is 11.5 Å². The van der Waals surface area contributed by atoms with Crippen molar-refractivity contribution >= 4 is 23.2 Å². The molecular weight excluding hydrogens is 355 g/mol. The van der Waals surface area contributed by atoms with Crippen molar-refractivity contribution in [1.82, 2.24) is 0 Å². The van der Waals surface area contributed by atoms with Gasteiger partial charge in [-0.1, -0.05) is 5.22 Å². The summed E-state index contributed by atoms with van der Waals surface area (Å²) in [5, 5.41) is 9.35. The van der Waals surface area contributed by atoms with Crippen molar-refractivity contribution in [3.63, 3.8) is 0 Å². The molecule has 2 atom stereocenters. The smallest absolute Gasteiger partial charge is 0.263 e. The highest BCUT2D eigenvalue weighted by molar-refractivity contribution is 6.26. The third kappa shape index (κ3) is 2.59. The van der Waals surface area contributed by atoms with Crippen molar-refractivity contribution in [2.24, 2.45) is 10.3 Å². The zero-order valence-electron chi connectivity index (χ0n) is 14.5. The van der Waals surface area contributed by atoms with E-state index in [1.165, 1.54) is 43.5 Å². The Labute approximate surface area is 153 Å².